The number of anilines is 1. The van der Waals surface area contributed by atoms with Crippen LogP contribution in [-0.2, 0) is 0 Å². The summed E-state index contributed by atoms with van der Waals surface area (Å²) < 4.78 is 17.1. The van der Waals surface area contributed by atoms with Crippen LogP contribution >= 0.6 is 0 Å². The van der Waals surface area contributed by atoms with Gasteiger partial charge in [0.2, 0.25) is 0 Å². The number of rotatable bonds is 4. The highest BCUT2D eigenvalue weighted by atomic mass is 18.2. The van der Waals surface area contributed by atoms with Gasteiger partial charge in [-0.1, -0.05) is 11.8 Å². The number of alkyl halides is 1. The molecule has 0 aliphatic rings. The maximum absolute atomic E-state index is 12.0. The molecular formula is C17H16FNO. The van der Waals surface area contributed by atoms with Crippen LogP contribution in [0.2, 0.25) is 0 Å². The van der Waals surface area contributed by atoms with Crippen LogP contribution in [0, 0.1) is 11.8 Å². The SMILES string of the molecule is CNc1ccc(C#Cc2ccc(OCC[18F])cc2)cc1. The molecule has 0 heterocycles. The second-order valence-electron chi connectivity index (χ2n) is 4.14. The second-order valence-corrected chi connectivity index (χ2v) is 4.14. The molecule has 0 radical (unpaired) electrons. The first-order chi connectivity index (χ1) is 9.81. The highest BCUT2D eigenvalue weighted by Crippen LogP contribution is 2.12. The summed E-state index contributed by atoms with van der Waals surface area (Å²) in [6, 6.07) is 15.2. The van der Waals surface area contributed by atoms with Gasteiger partial charge in [0.15, 0.2) is 0 Å². The van der Waals surface area contributed by atoms with Crippen molar-refractivity contribution >= 4 is 5.69 Å². The Kier molecular flexibility index (Phi) is 5.02. The molecule has 2 nitrogen and oxygen atoms in total. The van der Waals surface area contributed by atoms with E-state index < -0.39 is 6.67 Å². The smallest absolute Gasteiger partial charge is 0.123 e. The first-order valence-corrected chi connectivity index (χ1v) is 6.40. The predicted molar refractivity (Wildman–Crippen MR) is 79.9 cm³/mol. The van der Waals surface area contributed by atoms with Crippen molar-refractivity contribution < 1.29 is 9.13 Å². The minimum atomic E-state index is -0.482. The largest absolute Gasteiger partial charge is 0.491 e. The normalized spacial score (nSPS) is 9.50. The average molecular weight is 268 g/mol. The van der Waals surface area contributed by atoms with Crippen molar-refractivity contribution in [1.29, 1.82) is 0 Å². The first-order valence-electron chi connectivity index (χ1n) is 6.40. The van der Waals surface area contributed by atoms with Crippen molar-refractivity contribution in [2.24, 2.45) is 0 Å². The van der Waals surface area contributed by atoms with E-state index in [4.69, 9.17) is 4.74 Å². The third kappa shape index (κ3) is 4.03. The van der Waals surface area contributed by atoms with Gasteiger partial charge in [-0.25, -0.2) is 4.39 Å². The summed E-state index contributed by atoms with van der Waals surface area (Å²) in [6.45, 7) is -0.396. The van der Waals surface area contributed by atoms with E-state index in [1.54, 1.807) is 12.1 Å². The van der Waals surface area contributed by atoms with Crippen LogP contribution in [0.5, 0.6) is 5.75 Å². The zero-order valence-electron chi connectivity index (χ0n) is 11.3. The van der Waals surface area contributed by atoms with Crippen molar-refractivity contribution in [2.75, 3.05) is 25.6 Å². The van der Waals surface area contributed by atoms with E-state index in [2.05, 4.69) is 17.2 Å². The standard InChI is InChI=1S/C17H16FNO/c1-19-16-8-4-14(5-9-16)2-3-15-6-10-17(11-7-15)20-13-12-18/h4-11,19H,12-13H2,1H3/i18-1. The fourth-order valence-electron chi connectivity index (χ4n) is 1.66. The molecule has 0 atom stereocenters. The third-order valence-electron chi connectivity index (χ3n) is 2.72. The Labute approximate surface area is 118 Å². The molecule has 0 bridgehead atoms. The van der Waals surface area contributed by atoms with Crippen molar-refractivity contribution in [3.8, 4) is 17.6 Å². The van der Waals surface area contributed by atoms with Gasteiger partial charge in [0, 0.05) is 23.9 Å². The molecule has 0 saturated carbocycles. The lowest BCUT2D eigenvalue weighted by Crippen LogP contribution is -1.98. The first kappa shape index (κ1) is 14.0. The molecule has 1 N–H and O–H groups in total. The number of halogens is 1. The van der Waals surface area contributed by atoms with Gasteiger partial charge in [0.1, 0.15) is 19.0 Å². The Morgan fingerprint density at radius 1 is 0.950 bits per heavy atom. The van der Waals surface area contributed by atoms with Gasteiger partial charge in [-0.3, -0.25) is 0 Å². The monoisotopic (exact) mass is 268 g/mol. The lowest BCUT2D eigenvalue weighted by molar-refractivity contribution is 0.273. The van der Waals surface area contributed by atoms with Gasteiger partial charge in [0.25, 0.3) is 0 Å². The summed E-state index contributed by atoms with van der Waals surface area (Å²) in [5, 5.41) is 3.06. The highest BCUT2D eigenvalue weighted by Gasteiger charge is 1.93. The molecule has 2 rings (SSSR count). The topological polar surface area (TPSA) is 21.3 Å². The number of benzene rings is 2. The Morgan fingerprint density at radius 3 is 2.00 bits per heavy atom. The van der Waals surface area contributed by atoms with Crippen LogP contribution < -0.4 is 10.1 Å². The molecule has 0 spiro atoms. The fourth-order valence-corrected chi connectivity index (χ4v) is 1.66. The zero-order chi connectivity index (χ0) is 14.2. The number of hydrogen-bond acceptors (Lipinski definition) is 2. The lowest BCUT2D eigenvalue weighted by Gasteiger charge is -2.02. The molecular weight excluding hydrogens is 252 g/mol. The number of hydrogen-bond donors (Lipinski definition) is 1. The van der Waals surface area contributed by atoms with E-state index in [1.807, 2.05) is 43.4 Å². The molecule has 0 amide bonds. The van der Waals surface area contributed by atoms with E-state index in [0.29, 0.717) is 5.75 Å². The van der Waals surface area contributed by atoms with E-state index in [9.17, 15) is 4.39 Å². The van der Waals surface area contributed by atoms with Gasteiger partial charge in [0.05, 0.1) is 0 Å². The summed E-state index contributed by atoms with van der Waals surface area (Å²) in [4.78, 5) is 0. The van der Waals surface area contributed by atoms with Gasteiger partial charge >= 0.3 is 0 Å². The Hall–Kier alpha value is -2.47. The van der Waals surface area contributed by atoms with E-state index in [0.717, 1.165) is 16.8 Å². The minimum Gasteiger partial charge on any atom is -0.491 e. The van der Waals surface area contributed by atoms with Gasteiger partial charge in [-0.05, 0) is 48.5 Å². The molecule has 3 heteroatoms. The van der Waals surface area contributed by atoms with E-state index in [-0.39, 0.29) is 6.61 Å². The van der Waals surface area contributed by atoms with Gasteiger partial charge < -0.3 is 10.1 Å². The molecule has 0 aliphatic heterocycles. The fraction of sp³-hybridized carbons (Fsp3) is 0.176. The molecule has 2 aromatic rings. The molecule has 0 unspecified atom stereocenters. The number of nitrogens with one attached hydrogen (secondary N) is 1. The van der Waals surface area contributed by atoms with Crippen LogP contribution in [0.25, 0.3) is 0 Å². The Balaban J connectivity index is 2.04. The van der Waals surface area contributed by atoms with Gasteiger partial charge in [-0.2, -0.15) is 0 Å². The second kappa shape index (κ2) is 7.20. The third-order valence-corrected chi connectivity index (χ3v) is 2.72. The van der Waals surface area contributed by atoms with Crippen LogP contribution in [0.4, 0.5) is 10.1 Å². The average Bonchev–Trinajstić information content (AvgIpc) is 2.52. The summed E-state index contributed by atoms with van der Waals surface area (Å²) >= 11 is 0. The van der Waals surface area contributed by atoms with E-state index in [1.165, 1.54) is 0 Å². The predicted octanol–water partition coefficient (Wildman–Crippen LogP) is 3.48. The molecule has 0 aromatic heterocycles. The summed E-state index contributed by atoms with van der Waals surface area (Å²) in [7, 11) is 1.88. The lowest BCUT2D eigenvalue weighted by atomic mass is 10.1. The molecule has 0 aliphatic carbocycles. The molecule has 102 valence electrons. The molecule has 0 fully saturated rings. The highest BCUT2D eigenvalue weighted by molar-refractivity contribution is 5.50. The van der Waals surface area contributed by atoms with Crippen molar-refractivity contribution in [3.05, 3.63) is 59.7 Å². The van der Waals surface area contributed by atoms with Crippen LogP contribution in [0.15, 0.2) is 48.5 Å². The quantitative estimate of drug-likeness (QED) is 0.857. The molecule has 0 saturated heterocycles. The van der Waals surface area contributed by atoms with E-state index >= 15 is 0 Å². The molecule has 20 heavy (non-hydrogen) atoms. The maximum atomic E-state index is 12.0. The van der Waals surface area contributed by atoms with Crippen LogP contribution in [-0.4, -0.2) is 20.3 Å². The van der Waals surface area contributed by atoms with Crippen LogP contribution in [0.3, 0.4) is 0 Å². The Morgan fingerprint density at radius 2 is 1.50 bits per heavy atom. The summed E-state index contributed by atoms with van der Waals surface area (Å²) in [5.74, 6) is 6.84. The summed E-state index contributed by atoms with van der Waals surface area (Å²) in [5.41, 5.74) is 2.92. The Bertz CT molecular complexity index is 594. The minimum absolute atomic E-state index is 0.0861. The van der Waals surface area contributed by atoms with Gasteiger partial charge in [-0.15, -0.1) is 0 Å². The zero-order valence-corrected chi connectivity index (χ0v) is 11.3. The van der Waals surface area contributed by atoms with Crippen molar-refractivity contribution in [2.45, 2.75) is 0 Å². The summed E-state index contributed by atoms with van der Waals surface area (Å²) in [6.07, 6.45) is 0. The van der Waals surface area contributed by atoms with Crippen molar-refractivity contribution in [1.82, 2.24) is 0 Å². The van der Waals surface area contributed by atoms with Crippen LogP contribution in [0.1, 0.15) is 11.1 Å². The maximum Gasteiger partial charge on any atom is 0.123 e. The number of ether oxygens (including phenoxy) is 1. The van der Waals surface area contributed by atoms with Crippen molar-refractivity contribution in [3.63, 3.8) is 0 Å². The molecule has 2 aromatic carbocycles.